The van der Waals surface area contributed by atoms with E-state index in [1.54, 1.807) is 0 Å². The molecule has 1 heterocycles. The summed E-state index contributed by atoms with van der Waals surface area (Å²) in [6.45, 7) is -0.832. The number of hydrogen-bond acceptors (Lipinski definition) is 4. The predicted octanol–water partition coefficient (Wildman–Crippen LogP) is 2.56. The second-order valence-electron chi connectivity index (χ2n) is 5.38. The molecule has 1 aromatic heterocycles. The second-order valence-corrected chi connectivity index (χ2v) is 5.38. The summed E-state index contributed by atoms with van der Waals surface area (Å²) >= 11 is 0. The van der Waals surface area contributed by atoms with Crippen LogP contribution in [0.5, 0.6) is 5.88 Å². The lowest BCUT2D eigenvalue weighted by Crippen LogP contribution is -2.36. The standard InChI is InChI=1S/C15H18F2N2O4/c16-12(17)8-23-14-11(6-3-7-18-14)19-13(20)9-4-1-2-5-10(9)15(21)22/h3,6-7,9-10,12H,1-2,4-5,8H2,(H,19,20)(H,21,22)/t9-,10+/m0/s1. The number of aliphatic carboxylic acids is 1. The van der Waals surface area contributed by atoms with E-state index in [1.807, 2.05) is 0 Å². The number of aromatic nitrogens is 1. The van der Waals surface area contributed by atoms with Crippen molar-refractivity contribution in [3.63, 3.8) is 0 Å². The Labute approximate surface area is 131 Å². The van der Waals surface area contributed by atoms with E-state index in [0.717, 1.165) is 12.8 Å². The fourth-order valence-corrected chi connectivity index (χ4v) is 2.71. The molecule has 1 fully saturated rings. The summed E-state index contributed by atoms with van der Waals surface area (Å²) < 4.78 is 29.3. The SMILES string of the molecule is O=C(Nc1cccnc1OCC(F)F)[C@H]1CCCC[C@H]1C(=O)O. The average Bonchev–Trinajstić information content (AvgIpc) is 2.53. The number of ether oxygens (including phenoxy) is 1. The van der Waals surface area contributed by atoms with Gasteiger partial charge < -0.3 is 15.2 Å². The summed E-state index contributed by atoms with van der Waals surface area (Å²) in [5, 5.41) is 11.8. The average molecular weight is 328 g/mol. The van der Waals surface area contributed by atoms with Crippen LogP contribution >= 0.6 is 0 Å². The number of carboxylic acid groups (broad SMARTS) is 1. The van der Waals surface area contributed by atoms with Gasteiger partial charge in [0.2, 0.25) is 11.8 Å². The normalized spacial score (nSPS) is 21.0. The zero-order valence-electron chi connectivity index (χ0n) is 12.4. The van der Waals surface area contributed by atoms with Gasteiger partial charge in [0.25, 0.3) is 6.43 Å². The number of hydrogen-bond donors (Lipinski definition) is 2. The van der Waals surface area contributed by atoms with Gasteiger partial charge in [0, 0.05) is 6.20 Å². The molecular weight excluding hydrogens is 310 g/mol. The largest absolute Gasteiger partial charge is 0.481 e. The van der Waals surface area contributed by atoms with Gasteiger partial charge in [-0.15, -0.1) is 0 Å². The van der Waals surface area contributed by atoms with Gasteiger partial charge in [-0.3, -0.25) is 9.59 Å². The van der Waals surface area contributed by atoms with Crippen LogP contribution in [0.1, 0.15) is 25.7 Å². The Bertz CT molecular complexity index is 568. The number of carbonyl (C=O) groups excluding carboxylic acids is 1. The first kappa shape index (κ1) is 17.1. The van der Waals surface area contributed by atoms with E-state index in [4.69, 9.17) is 4.74 Å². The molecule has 0 unspecified atom stereocenters. The number of pyridine rings is 1. The zero-order valence-corrected chi connectivity index (χ0v) is 12.4. The van der Waals surface area contributed by atoms with Crippen molar-refractivity contribution in [2.45, 2.75) is 32.1 Å². The quantitative estimate of drug-likeness (QED) is 0.838. The zero-order chi connectivity index (χ0) is 16.8. The Morgan fingerprint density at radius 1 is 1.35 bits per heavy atom. The Hall–Kier alpha value is -2.25. The highest BCUT2D eigenvalue weighted by Gasteiger charge is 2.36. The molecule has 1 aromatic rings. The van der Waals surface area contributed by atoms with Crippen molar-refractivity contribution in [2.75, 3.05) is 11.9 Å². The fraction of sp³-hybridized carbons (Fsp3) is 0.533. The minimum atomic E-state index is -2.66. The first-order valence-corrected chi connectivity index (χ1v) is 7.38. The molecular formula is C15H18F2N2O4. The van der Waals surface area contributed by atoms with E-state index < -0.39 is 36.7 Å². The molecule has 0 aliphatic heterocycles. The summed E-state index contributed by atoms with van der Waals surface area (Å²) in [4.78, 5) is 27.4. The van der Waals surface area contributed by atoms with E-state index in [0.29, 0.717) is 12.8 Å². The van der Waals surface area contributed by atoms with E-state index in [1.165, 1.54) is 18.3 Å². The number of amides is 1. The van der Waals surface area contributed by atoms with Gasteiger partial charge in [-0.05, 0) is 25.0 Å². The van der Waals surface area contributed by atoms with Crippen molar-refractivity contribution in [1.29, 1.82) is 0 Å². The smallest absolute Gasteiger partial charge is 0.307 e. The highest BCUT2D eigenvalue weighted by atomic mass is 19.3. The number of rotatable bonds is 6. The van der Waals surface area contributed by atoms with Gasteiger partial charge in [-0.2, -0.15) is 0 Å². The molecule has 6 nitrogen and oxygen atoms in total. The van der Waals surface area contributed by atoms with Crippen molar-refractivity contribution < 1.29 is 28.2 Å². The van der Waals surface area contributed by atoms with E-state index in [9.17, 15) is 23.5 Å². The second kappa shape index (κ2) is 7.85. The van der Waals surface area contributed by atoms with Crippen molar-refractivity contribution >= 4 is 17.6 Å². The number of carbonyl (C=O) groups is 2. The number of carboxylic acids is 1. The Kier molecular flexibility index (Phi) is 5.84. The van der Waals surface area contributed by atoms with Crippen LogP contribution in [0.15, 0.2) is 18.3 Å². The van der Waals surface area contributed by atoms with Gasteiger partial charge >= 0.3 is 5.97 Å². The molecule has 1 amide bonds. The Balaban J connectivity index is 2.08. The maximum Gasteiger partial charge on any atom is 0.307 e. The molecule has 2 atom stereocenters. The van der Waals surface area contributed by atoms with Crippen LogP contribution in [-0.4, -0.2) is 35.0 Å². The third-order valence-electron chi connectivity index (χ3n) is 3.79. The number of alkyl halides is 2. The van der Waals surface area contributed by atoms with Crippen molar-refractivity contribution in [2.24, 2.45) is 11.8 Å². The molecule has 23 heavy (non-hydrogen) atoms. The van der Waals surface area contributed by atoms with Crippen LogP contribution < -0.4 is 10.1 Å². The minimum Gasteiger partial charge on any atom is -0.481 e. The molecule has 2 rings (SSSR count). The van der Waals surface area contributed by atoms with Crippen LogP contribution in [0, 0.1) is 11.8 Å². The molecule has 0 saturated heterocycles. The summed E-state index contributed by atoms with van der Waals surface area (Å²) in [5.74, 6) is -2.93. The molecule has 0 bridgehead atoms. The van der Waals surface area contributed by atoms with Crippen molar-refractivity contribution in [3.05, 3.63) is 18.3 Å². The van der Waals surface area contributed by atoms with E-state index in [-0.39, 0.29) is 11.6 Å². The van der Waals surface area contributed by atoms with E-state index in [2.05, 4.69) is 10.3 Å². The monoisotopic (exact) mass is 328 g/mol. The molecule has 2 N–H and O–H groups in total. The Morgan fingerprint density at radius 2 is 2.04 bits per heavy atom. The maximum atomic E-state index is 12.4. The lowest BCUT2D eigenvalue weighted by molar-refractivity contribution is -0.147. The minimum absolute atomic E-state index is 0.108. The molecule has 0 radical (unpaired) electrons. The topological polar surface area (TPSA) is 88.5 Å². The molecule has 1 aliphatic carbocycles. The van der Waals surface area contributed by atoms with Crippen LogP contribution in [0.25, 0.3) is 0 Å². The van der Waals surface area contributed by atoms with Gasteiger partial charge in [0.15, 0.2) is 6.61 Å². The summed E-state index contributed by atoms with van der Waals surface area (Å²) in [7, 11) is 0. The number of nitrogens with one attached hydrogen (secondary N) is 1. The van der Waals surface area contributed by atoms with Crippen LogP contribution in [0.3, 0.4) is 0 Å². The summed E-state index contributed by atoms with van der Waals surface area (Å²) in [6.07, 6.45) is 1.19. The third kappa shape index (κ3) is 4.61. The highest BCUT2D eigenvalue weighted by Crippen LogP contribution is 2.32. The molecule has 126 valence electrons. The lowest BCUT2D eigenvalue weighted by atomic mass is 9.78. The third-order valence-corrected chi connectivity index (χ3v) is 3.79. The fourth-order valence-electron chi connectivity index (χ4n) is 2.71. The first-order valence-electron chi connectivity index (χ1n) is 7.38. The van der Waals surface area contributed by atoms with Crippen molar-refractivity contribution in [3.8, 4) is 5.88 Å². The van der Waals surface area contributed by atoms with Gasteiger partial charge in [0.05, 0.1) is 11.8 Å². The van der Waals surface area contributed by atoms with Gasteiger partial charge in [-0.25, -0.2) is 13.8 Å². The number of nitrogens with zero attached hydrogens (tertiary/aromatic N) is 1. The summed E-state index contributed by atoms with van der Waals surface area (Å²) in [6, 6.07) is 3.00. The Morgan fingerprint density at radius 3 is 2.70 bits per heavy atom. The van der Waals surface area contributed by atoms with Gasteiger partial charge in [0.1, 0.15) is 5.69 Å². The molecule has 1 saturated carbocycles. The molecule has 0 aromatic carbocycles. The van der Waals surface area contributed by atoms with E-state index >= 15 is 0 Å². The van der Waals surface area contributed by atoms with Gasteiger partial charge in [-0.1, -0.05) is 12.8 Å². The molecule has 8 heteroatoms. The molecule has 1 aliphatic rings. The predicted molar refractivity (Wildman–Crippen MR) is 77.4 cm³/mol. The highest BCUT2D eigenvalue weighted by molar-refractivity contribution is 5.96. The molecule has 0 spiro atoms. The number of anilines is 1. The lowest BCUT2D eigenvalue weighted by Gasteiger charge is -2.27. The van der Waals surface area contributed by atoms with Crippen LogP contribution in [0.2, 0.25) is 0 Å². The van der Waals surface area contributed by atoms with Crippen LogP contribution in [0.4, 0.5) is 14.5 Å². The summed E-state index contributed by atoms with van der Waals surface area (Å²) in [5.41, 5.74) is 0.160. The van der Waals surface area contributed by atoms with Crippen LogP contribution in [-0.2, 0) is 9.59 Å². The van der Waals surface area contributed by atoms with Crippen molar-refractivity contribution in [1.82, 2.24) is 4.98 Å². The number of halogens is 2. The first-order chi connectivity index (χ1) is 11.0. The maximum absolute atomic E-state index is 12.4.